The van der Waals surface area contributed by atoms with Gasteiger partial charge in [0, 0.05) is 38.6 Å². The minimum atomic E-state index is -3.91. The predicted octanol–water partition coefficient (Wildman–Crippen LogP) is 1.84. The Morgan fingerprint density at radius 3 is 2.46 bits per heavy atom. The Morgan fingerprint density at radius 1 is 1.07 bits per heavy atom. The third-order valence-corrected chi connectivity index (χ3v) is 5.99. The molecule has 11 heteroatoms. The van der Waals surface area contributed by atoms with Crippen molar-refractivity contribution in [1.29, 1.82) is 0 Å². The summed E-state index contributed by atoms with van der Waals surface area (Å²) in [5.41, 5.74) is 1.89. The molecule has 0 saturated carbocycles. The first-order chi connectivity index (χ1) is 12.1. The highest BCUT2D eigenvalue weighted by Gasteiger charge is 2.24. The van der Waals surface area contributed by atoms with Gasteiger partial charge < -0.3 is 15.7 Å². The molecule has 0 aliphatic carbocycles. The Hall–Kier alpha value is -1.91. The molecule has 0 amide bonds. The van der Waals surface area contributed by atoms with Gasteiger partial charge >= 0.3 is 0 Å². The summed E-state index contributed by atoms with van der Waals surface area (Å²) in [5.74, 6) is -0.585. The van der Waals surface area contributed by atoms with Crippen molar-refractivity contribution in [2.45, 2.75) is 4.90 Å². The molecular weight excluding hydrogens is 430 g/mol. The van der Waals surface area contributed by atoms with Crippen LogP contribution in [-0.4, -0.2) is 49.0 Å². The molecule has 3 N–H and O–H groups in total. The van der Waals surface area contributed by atoms with Crippen molar-refractivity contribution in [3.05, 3.63) is 54.6 Å². The van der Waals surface area contributed by atoms with Crippen LogP contribution in [0.25, 0.3) is 11.0 Å². The lowest BCUT2D eigenvalue weighted by Crippen LogP contribution is -2.43. The van der Waals surface area contributed by atoms with Crippen LogP contribution in [0.1, 0.15) is 0 Å². The van der Waals surface area contributed by atoms with E-state index in [1.807, 2.05) is 0 Å². The topological polar surface area (TPSA) is 98.7 Å². The number of halogens is 3. The standard InChI is InChI=1S/C17H17FN4O2S.2ClH.H2O/c18-13-3-1-4-14(11-13)25(23,24)22-12-16(21-9-7-19-8-10-21)17-15(22)5-2-6-20-17;;;/h1-6,11-12,19H,7-10H2;2*1H;1H2. The second-order valence-corrected chi connectivity index (χ2v) is 7.70. The number of hydrogen-bond acceptors (Lipinski definition) is 5. The zero-order chi connectivity index (χ0) is 17.4. The molecule has 7 nitrogen and oxygen atoms in total. The molecule has 3 aromatic rings. The average molecular weight is 451 g/mol. The fraction of sp³-hybridized carbons (Fsp3) is 0.235. The Balaban J connectivity index is 0.00000131. The van der Waals surface area contributed by atoms with Gasteiger partial charge in [-0.25, -0.2) is 16.8 Å². The molecule has 1 aromatic carbocycles. The van der Waals surface area contributed by atoms with E-state index in [0.29, 0.717) is 11.0 Å². The van der Waals surface area contributed by atoms with Crippen LogP contribution in [0.5, 0.6) is 0 Å². The molecule has 0 spiro atoms. The van der Waals surface area contributed by atoms with Crippen LogP contribution >= 0.6 is 24.8 Å². The van der Waals surface area contributed by atoms with Crippen molar-refractivity contribution in [3.8, 4) is 0 Å². The van der Waals surface area contributed by atoms with Crippen molar-refractivity contribution in [2.75, 3.05) is 31.1 Å². The lowest BCUT2D eigenvalue weighted by atomic mass is 10.3. The first kappa shape index (κ1) is 24.1. The van der Waals surface area contributed by atoms with Crippen LogP contribution in [0.3, 0.4) is 0 Å². The normalized spacial score (nSPS) is 14.0. The summed E-state index contributed by atoms with van der Waals surface area (Å²) >= 11 is 0. The van der Waals surface area contributed by atoms with E-state index in [1.165, 1.54) is 22.2 Å². The van der Waals surface area contributed by atoms with E-state index < -0.39 is 15.8 Å². The summed E-state index contributed by atoms with van der Waals surface area (Å²) in [6.45, 7) is 3.21. The minimum Gasteiger partial charge on any atom is -0.412 e. The minimum absolute atomic E-state index is 0. The highest BCUT2D eigenvalue weighted by Crippen LogP contribution is 2.30. The summed E-state index contributed by atoms with van der Waals surface area (Å²) in [6.07, 6.45) is 3.23. The molecule has 4 rings (SSSR count). The molecule has 0 atom stereocenters. The van der Waals surface area contributed by atoms with Gasteiger partial charge in [-0.05, 0) is 30.3 Å². The maximum atomic E-state index is 13.5. The molecule has 0 unspecified atom stereocenters. The Kier molecular flexibility index (Phi) is 8.21. The number of nitrogens with one attached hydrogen (secondary N) is 1. The average Bonchev–Trinajstić information content (AvgIpc) is 3.03. The van der Waals surface area contributed by atoms with Gasteiger partial charge in [0.25, 0.3) is 10.0 Å². The van der Waals surface area contributed by atoms with E-state index in [4.69, 9.17) is 0 Å². The Labute approximate surface area is 174 Å². The number of fused-ring (bicyclic) bond motifs is 1. The number of nitrogens with zero attached hydrogens (tertiary/aromatic N) is 3. The van der Waals surface area contributed by atoms with Gasteiger partial charge in [0.2, 0.25) is 0 Å². The van der Waals surface area contributed by atoms with E-state index in [9.17, 15) is 12.8 Å². The quantitative estimate of drug-likeness (QED) is 0.656. The van der Waals surface area contributed by atoms with Gasteiger partial charge in [-0.1, -0.05) is 6.07 Å². The molecule has 1 aliphatic rings. The van der Waals surface area contributed by atoms with Crippen LogP contribution in [-0.2, 0) is 10.0 Å². The second kappa shape index (κ2) is 9.53. The van der Waals surface area contributed by atoms with E-state index in [0.717, 1.165) is 37.9 Å². The first-order valence-electron chi connectivity index (χ1n) is 8.00. The fourth-order valence-corrected chi connectivity index (χ4v) is 4.47. The molecule has 2 aromatic heterocycles. The third kappa shape index (κ3) is 4.23. The lowest BCUT2D eigenvalue weighted by molar-refractivity contribution is 0.583. The molecule has 28 heavy (non-hydrogen) atoms. The molecule has 3 heterocycles. The smallest absolute Gasteiger partial charge is 0.268 e. The highest BCUT2D eigenvalue weighted by atomic mass is 35.5. The van der Waals surface area contributed by atoms with Gasteiger partial charge in [0.1, 0.15) is 11.3 Å². The van der Waals surface area contributed by atoms with Crippen molar-refractivity contribution < 1.29 is 18.3 Å². The number of rotatable bonds is 3. The van der Waals surface area contributed by atoms with Crippen molar-refractivity contribution >= 4 is 51.6 Å². The molecule has 0 radical (unpaired) electrons. The summed E-state index contributed by atoms with van der Waals surface area (Å²) in [6, 6.07) is 8.45. The zero-order valence-corrected chi connectivity index (χ0v) is 17.2. The SMILES string of the molecule is Cl.Cl.O.O=S(=O)(c1cccc(F)c1)n1cc(N2CCNCC2)c2ncccc21. The maximum Gasteiger partial charge on any atom is 0.268 e. The van der Waals surface area contributed by atoms with Crippen LogP contribution in [0, 0.1) is 5.82 Å². The van der Waals surface area contributed by atoms with Crippen molar-refractivity contribution in [3.63, 3.8) is 0 Å². The van der Waals surface area contributed by atoms with Gasteiger partial charge in [-0.2, -0.15) is 0 Å². The molecule has 0 bridgehead atoms. The third-order valence-electron chi connectivity index (χ3n) is 4.32. The van der Waals surface area contributed by atoms with Gasteiger partial charge in [0.05, 0.1) is 16.1 Å². The van der Waals surface area contributed by atoms with Crippen LogP contribution in [0.4, 0.5) is 10.1 Å². The fourth-order valence-electron chi connectivity index (χ4n) is 3.09. The van der Waals surface area contributed by atoms with Crippen LogP contribution < -0.4 is 10.2 Å². The Bertz CT molecular complexity index is 1040. The van der Waals surface area contributed by atoms with Crippen molar-refractivity contribution in [1.82, 2.24) is 14.3 Å². The van der Waals surface area contributed by atoms with Gasteiger partial charge in [0.15, 0.2) is 0 Å². The number of aromatic nitrogens is 2. The number of benzene rings is 1. The van der Waals surface area contributed by atoms with E-state index in [-0.39, 0.29) is 35.2 Å². The van der Waals surface area contributed by atoms with Gasteiger partial charge in [-0.3, -0.25) is 4.98 Å². The summed E-state index contributed by atoms with van der Waals surface area (Å²) in [4.78, 5) is 6.41. The molecule has 1 fully saturated rings. The summed E-state index contributed by atoms with van der Waals surface area (Å²) in [5, 5.41) is 3.27. The Morgan fingerprint density at radius 2 is 1.79 bits per heavy atom. The lowest BCUT2D eigenvalue weighted by Gasteiger charge is -2.28. The van der Waals surface area contributed by atoms with Gasteiger partial charge in [-0.15, -0.1) is 24.8 Å². The number of hydrogen-bond donors (Lipinski definition) is 1. The highest BCUT2D eigenvalue weighted by molar-refractivity contribution is 7.90. The number of anilines is 1. The number of pyridine rings is 1. The summed E-state index contributed by atoms with van der Waals surface area (Å²) < 4.78 is 40.8. The second-order valence-electron chi connectivity index (χ2n) is 5.88. The molecule has 1 aliphatic heterocycles. The van der Waals surface area contributed by atoms with E-state index in [2.05, 4.69) is 15.2 Å². The monoisotopic (exact) mass is 450 g/mol. The van der Waals surface area contributed by atoms with Crippen LogP contribution in [0.15, 0.2) is 53.7 Å². The van der Waals surface area contributed by atoms with E-state index >= 15 is 0 Å². The molecule has 154 valence electrons. The van der Waals surface area contributed by atoms with Crippen LogP contribution in [0.2, 0.25) is 0 Å². The molecule has 1 saturated heterocycles. The molecular formula is C17H21Cl2FN4O3S. The number of piperazine rings is 1. The zero-order valence-electron chi connectivity index (χ0n) is 14.7. The predicted molar refractivity (Wildman–Crippen MR) is 112 cm³/mol. The largest absolute Gasteiger partial charge is 0.412 e. The van der Waals surface area contributed by atoms with E-state index in [1.54, 1.807) is 24.5 Å². The summed E-state index contributed by atoms with van der Waals surface area (Å²) in [7, 11) is -3.91. The van der Waals surface area contributed by atoms with Crippen molar-refractivity contribution in [2.24, 2.45) is 0 Å². The maximum absolute atomic E-state index is 13.5. The first-order valence-corrected chi connectivity index (χ1v) is 9.44.